The molecule has 3 aromatic rings. The summed E-state index contributed by atoms with van der Waals surface area (Å²) in [5, 5.41) is 15.9. The molecule has 2 heterocycles. The van der Waals surface area contributed by atoms with Crippen molar-refractivity contribution in [1.29, 1.82) is 0 Å². The number of nitrogens with one attached hydrogen (secondary N) is 2. The van der Waals surface area contributed by atoms with Crippen LogP contribution in [0.25, 0.3) is 10.9 Å². The number of thiophene rings is 1. The number of aromatic amines is 1. The van der Waals surface area contributed by atoms with Crippen LogP contribution in [0.15, 0.2) is 41.9 Å². The number of rotatable bonds is 5. The third-order valence-electron chi connectivity index (χ3n) is 3.76. The normalized spacial score (nSPS) is 13.9. The lowest BCUT2D eigenvalue weighted by Gasteiger charge is -2.22. The van der Waals surface area contributed by atoms with Gasteiger partial charge in [-0.3, -0.25) is 4.79 Å². The number of halogens is 1. The highest BCUT2D eigenvalue weighted by atomic mass is 32.1. The highest BCUT2D eigenvalue weighted by Gasteiger charge is 2.24. The summed E-state index contributed by atoms with van der Waals surface area (Å²) in [6.07, 6.45) is 1.88. The van der Waals surface area contributed by atoms with Crippen molar-refractivity contribution < 1.29 is 14.3 Å². The number of hydrogen-bond donors (Lipinski definition) is 3. The zero-order valence-corrected chi connectivity index (χ0v) is 13.4. The lowest BCUT2D eigenvalue weighted by molar-refractivity contribution is -0.121. The van der Waals surface area contributed by atoms with Crippen molar-refractivity contribution in [2.24, 2.45) is 0 Å². The Hall–Kier alpha value is -2.18. The SMILES string of the molecule is CC(O)(CNC(=O)Cc1c[nH]c2cc(F)ccc12)c1cccs1. The number of fused-ring (bicyclic) bond motifs is 1. The number of amides is 1. The van der Waals surface area contributed by atoms with Gasteiger partial charge < -0.3 is 15.4 Å². The van der Waals surface area contributed by atoms with Crippen molar-refractivity contribution in [3.8, 4) is 0 Å². The fraction of sp³-hybridized carbons (Fsp3) is 0.235. The number of aliphatic hydroxyl groups is 1. The summed E-state index contributed by atoms with van der Waals surface area (Å²) < 4.78 is 13.2. The van der Waals surface area contributed by atoms with Crippen LogP contribution in [0.4, 0.5) is 4.39 Å². The standard InChI is InChI=1S/C17H17FN2O2S/c1-17(22,15-3-2-6-23-15)10-20-16(21)7-11-9-19-14-8-12(18)4-5-13(11)14/h2-6,8-9,19,22H,7,10H2,1H3,(H,20,21). The van der Waals surface area contributed by atoms with Gasteiger partial charge in [0.15, 0.2) is 0 Å². The molecular formula is C17H17FN2O2S. The van der Waals surface area contributed by atoms with E-state index >= 15 is 0 Å². The lowest BCUT2D eigenvalue weighted by Crippen LogP contribution is -2.38. The van der Waals surface area contributed by atoms with Gasteiger partial charge in [0.25, 0.3) is 0 Å². The van der Waals surface area contributed by atoms with E-state index in [1.54, 1.807) is 19.2 Å². The van der Waals surface area contributed by atoms with E-state index in [1.165, 1.54) is 23.5 Å². The van der Waals surface area contributed by atoms with E-state index in [1.807, 2.05) is 17.5 Å². The number of benzene rings is 1. The van der Waals surface area contributed by atoms with Gasteiger partial charge in [-0.1, -0.05) is 6.07 Å². The zero-order chi connectivity index (χ0) is 16.4. The van der Waals surface area contributed by atoms with Crippen LogP contribution < -0.4 is 5.32 Å². The smallest absolute Gasteiger partial charge is 0.224 e. The molecule has 0 radical (unpaired) electrons. The van der Waals surface area contributed by atoms with Crippen LogP contribution in [0.5, 0.6) is 0 Å². The van der Waals surface area contributed by atoms with Gasteiger partial charge in [0.05, 0.1) is 13.0 Å². The van der Waals surface area contributed by atoms with Crippen molar-refractivity contribution in [3.05, 3.63) is 58.2 Å². The molecule has 0 aliphatic rings. The van der Waals surface area contributed by atoms with Crippen molar-refractivity contribution in [2.45, 2.75) is 18.9 Å². The number of hydrogen-bond acceptors (Lipinski definition) is 3. The average molecular weight is 332 g/mol. The summed E-state index contributed by atoms with van der Waals surface area (Å²) in [5.41, 5.74) is 0.374. The predicted octanol–water partition coefficient (Wildman–Crippen LogP) is 2.93. The summed E-state index contributed by atoms with van der Waals surface area (Å²) in [7, 11) is 0. The van der Waals surface area contributed by atoms with Crippen LogP contribution >= 0.6 is 11.3 Å². The van der Waals surface area contributed by atoms with Gasteiger partial charge >= 0.3 is 0 Å². The van der Waals surface area contributed by atoms with Gasteiger partial charge in [0.2, 0.25) is 5.91 Å². The Balaban J connectivity index is 1.65. The summed E-state index contributed by atoms with van der Waals surface area (Å²) in [5.74, 6) is -0.505. The molecule has 0 fully saturated rings. The largest absolute Gasteiger partial charge is 0.383 e. The molecule has 6 heteroatoms. The highest BCUT2D eigenvalue weighted by molar-refractivity contribution is 7.10. The Kier molecular flexibility index (Phi) is 4.19. The number of carbonyl (C=O) groups excluding carboxylic acids is 1. The van der Waals surface area contributed by atoms with E-state index in [2.05, 4.69) is 10.3 Å². The molecule has 4 nitrogen and oxygen atoms in total. The van der Waals surface area contributed by atoms with E-state index in [0.717, 1.165) is 15.8 Å². The molecule has 0 saturated heterocycles. The lowest BCUT2D eigenvalue weighted by atomic mass is 10.0. The predicted molar refractivity (Wildman–Crippen MR) is 88.9 cm³/mol. The maximum absolute atomic E-state index is 13.2. The molecule has 1 aromatic carbocycles. The van der Waals surface area contributed by atoms with Gasteiger partial charge in [0, 0.05) is 22.0 Å². The second kappa shape index (κ2) is 6.14. The Labute approximate surface area is 137 Å². The minimum atomic E-state index is -1.09. The average Bonchev–Trinajstić information content (AvgIpc) is 3.16. The molecule has 1 amide bonds. The van der Waals surface area contributed by atoms with Gasteiger partial charge in [-0.05, 0) is 42.1 Å². The first-order chi connectivity index (χ1) is 11.0. The third-order valence-corrected chi connectivity index (χ3v) is 4.89. The molecule has 23 heavy (non-hydrogen) atoms. The molecule has 120 valence electrons. The Bertz CT molecular complexity index is 824. The summed E-state index contributed by atoms with van der Waals surface area (Å²) in [6.45, 7) is 1.82. The van der Waals surface area contributed by atoms with Crippen molar-refractivity contribution >= 4 is 28.1 Å². The van der Waals surface area contributed by atoms with Crippen molar-refractivity contribution in [2.75, 3.05) is 6.54 Å². The van der Waals surface area contributed by atoms with Crippen LogP contribution in [0, 0.1) is 5.82 Å². The quantitative estimate of drug-likeness (QED) is 0.672. The summed E-state index contributed by atoms with van der Waals surface area (Å²) >= 11 is 1.45. The third kappa shape index (κ3) is 3.43. The van der Waals surface area contributed by atoms with Crippen LogP contribution in [0.2, 0.25) is 0 Å². The molecular weight excluding hydrogens is 315 g/mol. The van der Waals surface area contributed by atoms with Gasteiger partial charge in [-0.15, -0.1) is 11.3 Å². The second-order valence-electron chi connectivity index (χ2n) is 5.71. The van der Waals surface area contributed by atoms with Crippen LogP contribution in [0.3, 0.4) is 0 Å². The molecule has 0 bridgehead atoms. The molecule has 2 aromatic heterocycles. The Morgan fingerprint density at radius 3 is 3.00 bits per heavy atom. The maximum Gasteiger partial charge on any atom is 0.224 e. The first-order valence-corrected chi connectivity index (χ1v) is 8.12. The Morgan fingerprint density at radius 2 is 2.26 bits per heavy atom. The zero-order valence-electron chi connectivity index (χ0n) is 12.6. The maximum atomic E-state index is 13.2. The second-order valence-corrected chi connectivity index (χ2v) is 6.66. The van der Waals surface area contributed by atoms with Gasteiger partial charge in [0.1, 0.15) is 11.4 Å². The number of aromatic nitrogens is 1. The minimum Gasteiger partial charge on any atom is -0.383 e. The summed E-state index contributed by atoms with van der Waals surface area (Å²) in [6, 6.07) is 8.13. The van der Waals surface area contributed by atoms with E-state index in [9.17, 15) is 14.3 Å². The van der Waals surface area contributed by atoms with E-state index < -0.39 is 5.60 Å². The van der Waals surface area contributed by atoms with E-state index in [4.69, 9.17) is 0 Å². The Morgan fingerprint density at radius 1 is 1.43 bits per heavy atom. The molecule has 0 saturated carbocycles. The van der Waals surface area contributed by atoms with E-state index in [0.29, 0.717) is 5.52 Å². The molecule has 3 rings (SSSR count). The molecule has 0 spiro atoms. The van der Waals surface area contributed by atoms with Gasteiger partial charge in [-0.2, -0.15) is 0 Å². The highest BCUT2D eigenvalue weighted by Crippen LogP contribution is 2.24. The van der Waals surface area contributed by atoms with Crippen LogP contribution in [-0.2, 0) is 16.8 Å². The molecule has 1 atom stereocenters. The van der Waals surface area contributed by atoms with Crippen molar-refractivity contribution in [1.82, 2.24) is 10.3 Å². The first-order valence-electron chi connectivity index (χ1n) is 7.24. The van der Waals surface area contributed by atoms with Crippen LogP contribution in [-0.4, -0.2) is 22.5 Å². The van der Waals surface area contributed by atoms with Crippen molar-refractivity contribution in [3.63, 3.8) is 0 Å². The first kappa shape index (κ1) is 15.7. The fourth-order valence-corrected chi connectivity index (χ4v) is 3.27. The number of H-pyrrole nitrogens is 1. The van der Waals surface area contributed by atoms with Gasteiger partial charge in [-0.25, -0.2) is 4.39 Å². The monoisotopic (exact) mass is 332 g/mol. The fourth-order valence-electron chi connectivity index (χ4n) is 2.48. The molecule has 1 unspecified atom stereocenters. The molecule has 3 N–H and O–H groups in total. The summed E-state index contributed by atoms with van der Waals surface area (Å²) in [4.78, 5) is 15.9. The molecule has 0 aliphatic carbocycles. The minimum absolute atomic E-state index is 0.142. The van der Waals surface area contributed by atoms with Crippen LogP contribution in [0.1, 0.15) is 17.4 Å². The topological polar surface area (TPSA) is 65.1 Å². The van der Waals surface area contributed by atoms with E-state index in [-0.39, 0.29) is 24.7 Å². The number of carbonyl (C=O) groups is 1. The molecule has 0 aliphatic heterocycles.